The van der Waals surface area contributed by atoms with Crippen molar-refractivity contribution in [2.75, 3.05) is 5.88 Å². The number of benzene rings is 1. The molecule has 5 heteroatoms. The maximum absolute atomic E-state index is 11.3. The van der Waals surface area contributed by atoms with E-state index in [1.165, 1.54) is 6.26 Å². The van der Waals surface area contributed by atoms with E-state index in [-0.39, 0.29) is 18.1 Å². The van der Waals surface area contributed by atoms with E-state index in [0.29, 0.717) is 6.61 Å². The van der Waals surface area contributed by atoms with Crippen molar-refractivity contribution in [2.45, 2.75) is 31.8 Å². The van der Waals surface area contributed by atoms with E-state index in [1.54, 1.807) is 6.08 Å². The summed E-state index contributed by atoms with van der Waals surface area (Å²) in [5.74, 6) is -0.644. The average Bonchev–Trinajstić information content (AvgIpc) is 2.47. The summed E-state index contributed by atoms with van der Waals surface area (Å²) in [6.07, 6.45) is 2.16. The van der Waals surface area contributed by atoms with Gasteiger partial charge in [-0.05, 0) is 18.6 Å². The first-order chi connectivity index (χ1) is 9.70. The molecule has 1 aromatic rings. The van der Waals surface area contributed by atoms with E-state index in [2.05, 4.69) is 0 Å². The molecule has 0 fully saturated rings. The molecule has 0 N–H and O–H groups in total. The van der Waals surface area contributed by atoms with Gasteiger partial charge in [-0.1, -0.05) is 30.3 Å². The maximum atomic E-state index is 11.3. The molecule has 2 rings (SSSR count). The molecular formula is C15H17ClO4. The minimum Gasteiger partial charge on any atom is -0.496 e. The number of alkyl halides is 1. The fourth-order valence-electron chi connectivity index (χ4n) is 1.99. The second-order valence-corrected chi connectivity index (χ2v) is 4.79. The molecule has 0 radical (unpaired) electrons. The fraction of sp³-hybridized carbons (Fsp3) is 0.400. The topological polar surface area (TPSA) is 44.8 Å². The van der Waals surface area contributed by atoms with Gasteiger partial charge in [0.05, 0.1) is 12.9 Å². The number of hydrogen-bond acceptors (Lipinski definition) is 4. The van der Waals surface area contributed by atoms with E-state index < -0.39 is 12.1 Å². The largest absolute Gasteiger partial charge is 0.496 e. The predicted molar refractivity (Wildman–Crippen MR) is 75.3 cm³/mol. The fourth-order valence-corrected chi connectivity index (χ4v) is 2.05. The van der Waals surface area contributed by atoms with Crippen LogP contribution in [0.25, 0.3) is 0 Å². The van der Waals surface area contributed by atoms with Crippen LogP contribution in [-0.4, -0.2) is 30.2 Å². The molecule has 1 aliphatic heterocycles. The number of ether oxygens (including phenoxy) is 3. The van der Waals surface area contributed by atoms with Crippen LogP contribution in [0.3, 0.4) is 0 Å². The maximum Gasteiger partial charge on any atom is 0.321 e. The van der Waals surface area contributed by atoms with Crippen LogP contribution in [0.1, 0.15) is 12.5 Å². The molecule has 1 aliphatic rings. The van der Waals surface area contributed by atoms with Gasteiger partial charge in [-0.15, -0.1) is 11.6 Å². The Hall–Kier alpha value is -1.52. The Kier molecular flexibility index (Phi) is 5.44. The van der Waals surface area contributed by atoms with E-state index in [9.17, 15) is 4.79 Å². The minimum absolute atomic E-state index is 0.176. The lowest BCUT2D eigenvalue weighted by molar-refractivity contribution is -0.160. The monoisotopic (exact) mass is 296 g/mol. The minimum atomic E-state index is -0.478. The van der Waals surface area contributed by atoms with Crippen LogP contribution in [0, 0.1) is 0 Å². The van der Waals surface area contributed by atoms with Gasteiger partial charge in [0.2, 0.25) is 0 Å². The molecule has 0 amide bonds. The summed E-state index contributed by atoms with van der Waals surface area (Å²) in [7, 11) is 0. The van der Waals surface area contributed by atoms with Crippen LogP contribution >= 0.6 is 11.6 Å². The van der Waals surface area contributed by atoms with Crippen molar-refractivity contribution >= 4 is 17.6 Å². The predicted octanol–water partition coefficient (Wildman–Crippen LogP) is 2.65. The summed E-state index contributed by atoms with van der Waals surface area (Å²) < 4.78 is 16.5. The lowest BCUT2D eigenvalue weighted by atomic mass is 10.1. The first-order valence-corrected chi connectivity index (χ1v) is 6.97. The molecule has 3 atom stereocenters. The third kappa shape index (κ3) is 3.99. The van der Waals surface area contributed by atoms with E-state index in [4.69, 9.17) is 25.8 Å². The summed E-state index contributed by atoms with van der Waals surface area (Å²) in [6.45, 7) is 2.31. The summed E-state index contributed by atoms with van der Waals surface area (Å²) in [6, 6.07) is 9.80. The zero-order chi connectivity index (χ0) is 14.4. The molecule has 3 unspecified atom stereocenters. The molecule has 0 saturated heterocycles. The van der Waals surface area contributed by atoms with Crippen molar-refractivity contribution in [1.29, 1.82) is 0 Å². The van der Waals surface area contributed by atoms with Gasteiger partial charge in [0.1, 0.15) is 18.1 Å². The first kappa shape index (κ1) is 14.9. The van der Waals surface area contributed by atoms with Crippen LogP contribution in [-0.2, 0) is 25.6 Å². The van der Waals surface area contributed by atoms with E-state index in [0.717, 1.165) is 5.56 Å². The van der Waals surface area contributed by atoms with Crippen LogP contribution < -0.4 is 0 Å². The van der Waals surface area contributed by atoms with Crippen molar-refractivity contribution in [3.63, 3.8) is 0 Å². The molecular weight excluding hydrogens is 280 g/mol. The number of carbonyl (C=O) groups excluding carboxylic acids is 1. The van der Waals surface area contributed by atoms with Gasteiger partial charge in [0.15, 0.2) is 6.10 Å². The van der Waals surface area contributed by atoms with Crippen molar-refractivity contribution in [1.82, 2.24) is 0 Å². The van der Waals surface area contributed by atoms with E-state index >= 15 is 0 Å². The highest BCUT2D eigenvalue weighted by molar-refractivity contribution is 6.26. The van der Waals surface area contributed by atoms with Gasteiger partial charge in [0.25, 0.3) is 0 Å². The lowest BCUT2D eigenvalue weighted by Gasteiger charge is -2.32. The number of esters is 1. The number of rotatable bonds is 5. The molecule has 0 spiro atoms. The van der Waals surface area contributed by atoms with Gasteiger partial charge in [-0.25, -0.2) is 0 Å². The molecule has 1 aromatic carbocycles. The zero-order valence-corrected chi connectivity index (χ0v) is 12.0. The molecule has 0 aromatic heterocycles. The zero-order valence-electron chi connectivity index (χ0n) is 11.2. The quantitative estimate of drug-likeness (QED) is 0.619. The SMILES string of the molecule is CC1OC=CC(OC(=O)CCl)C1OCc1ccccc1. The van der Waals surface area contributed by atoms with Crippen LogP contribution in [0.15, 0.2) is 42.7 Å². The number of carbonyl (C=O) groups is 1. The molecule has 1 heterocycles. The Morgan fingerprint density at radius 1 is 1.35 bits per heavy atom. The smallest absolute Gasteiger partial charge is 0.321 e. The average molecular weight is 297 g/mol. The van der Waals surface area contributed by atoms with E-state index in [1.807, 2.05) is 37.3 Å². The van der Waals surface area contributed by atoms with Crippen molar-refractivity contribution in [3.8, 4) is 0 Å². The van der Waals surface area contributed by atoms with Crippen molar-refractivity contribution in [2.24, 2.45) is 0 Å². The lowest BCUT2D eigenvalue weighted by Crippen LogP contribution is -2.43. The summed E-state index contributed by atoms with van der Waals surface area (Å²) in [4.78, 5) is 11.3. The molecule has 108 valence electrons. The van der Waals surface area contributed by atoms with Crippen LogP contribution in [0.5, 0.6) is 0 Å². The third-order valence-electron chi connectivity index (χ3n) is 3.01. The second-order valence-electron chi connectivity index (χ2n) is 4.52. The van der Waals surface area contributed by atoms with Gasteiger partial charge in [0, 0.05) is 0 Å². The standard InChI is InChI=1S/C15H17ClO4/c1-11-15(19-10-12-5-3-2-4-6-12)13(7-8-18-11)20-14(17)9-16/h2-8,11,13,15H,9-10H2,1H3. The summed E-state index contributed by atoms with van der Waals surface area (Å²) >= 11 is 5.46. The van der Waals surface area contributed by atoms with Crippen molar-refractivity contribution < 1.29 is 19.0 Å². The van der Waals surface area contributed by atoms with Gasteiger partial charge >= 0.3 is 5.97 Å². The summed E-state index contributed by atoms with van der Waals surface area (Å²) in [5, 5.41) is 0. The Labute approximate surface area is 123 Å². The Morgan fingerprint density at radius 3 is 2.80 bits per heavy atom. The normalized spacial score (nSPS) is 25.0. The molecule has 0 saturated carbocycles. The molecule has 4 nitrogen and oxygen atoms in total. The summed E-state index contributed by atoms with van der Waals surface area (Å²) in [5.41, 5.74) is 1.05. The Morgan fingerprint density at radius 2 is 2.10 bits per heavy atom. The third-order valence-corrected chi connectivity index (χ3v) is 3.23. The number of hydrogen-bond donors (Lipinski definition) is 0. The van der Waals surface area contributed by atoms with Gasteiger partial charge in [-0.3, -0.25) is 4.79 Å². The van der Waals surface area contributed by atoms with Crippen LogP contribution in [0.4, 0.5) is 0 Å². The number of halogens is 1. The van der Waals surface area contributed by atoms with Gasteiger partial charge in [-0.2, -0.15) is 0 Å². The Bertz CT molecular complexity index is 460. The second kappa shape index (κ2) is 7.31. The highest BCUT2D eigenvalue weighted by Crippen LogP contribution is 2.20. The van der Waals surface area contributed by atoms with Crippen molar-refractivity contribution in [3.05, 3.63) is 48.2 Å². The molecule has 0 bridgehead atoms. The highest BCUT2D eigenvalue weighted by atomic mass is 35.5. The molecule has 0 aliphatic carbocycles. The molecule has 20 heavy (non-hydrogen) atoms. The van der Waals surface area contributed by atoms with Gasteiger partial charge < -0.3 is 14.2 Å². The first-order valence-electron chi connectivity index (χ1n) is 6.44. The van der Waals surface area contributed by atoms with Crippen LogP contribution in [0.2, 0.25) is 0 Å². The highest BCUT2D eigenvalue weighted by Gasteiger charge is 2.32. The Balaban J connectivity index is 1.98.